The molecule has 0 aliphatic heterocycles. The third-order valence-corrected chi connectivity index (χ3v) is 24.1. The van der Waals surface area contributed by atoms with Gasteiger partial charge in [-0.05, 0) is 226 Å². The highest BCUT2D eigenvalue weighted by Gasteiger charge is 2.24. The van der Waals surface area contributed by atoms with Gasteiger partial charge in [0.1, 0.15) is 34.5 Å². The molecule has 1 atom stereocenters. The van der Waals surface area contributed by atoms with Gasteiger partial charge in [-0.3, -0.25) is 0 Å². The van der Waals surface area contributed by atoms with Gasteiger partial charge >= 0.3 is 0 Å². The summed E-state index contributed by atoms with van der Waals surface area (Å²) in [5.41, 5.74) is 22.7. The molecule has 3 heteroatoms. The summed E-state index contributed by atoms with van der Waals surface area (Å²) in [7, 11) is 0. The molecule has 0 aliphatic rings. The number of hydrogen-bond donors (Lipinski definition) is 0. The lowest BCUT2D eigenvalue weighted by atomic mass is 9.78. The first-order valence-corrected chi connectivity index (χ1v) is 52.4. The van der Waals surface area contributed by atoms with E-state index in [-0.39, 0.29) is 5.41 Å². The standard InChI is InChI=1S/C29H28O2.C15H16.C14H14O.C14H30.C11H24.C10H22.C9H12.2C8H10.C8H18.C4H10/c1-21-5-13-25(14-6-21)30-27-17-9-23(10-18-27)29(3,4)24-11-19-28(20-12-24)31-26-15-7-22(2)8-16-26;1-12-3-7-14(8-4-12)11-15-9-5-13(2)6-10-15;1-11-3-7-13(8-4-11)15-14-9-5-12(2)6-10-14;1-4-5-6-7-8-9-10-11-12-13-14(2)3;1-6-8-10(3)9-11(4,5)7-2;1-3-5-7-9-10-8-6-4-2;1-7-4-5-8(2)9(3)6-7;1-7-3-5-8(2)6-4-7;1-7-4-3-5-8(2)6-7;1-3-5-7-8-6-4-2;1-3-4-2/h5-20H,1-4H3;3-10H,11H2,1-2H3;3-10H,1-2H3;14H,4-13H2,1-3H3;10H,6-9H2,1-5H3;3-10H2,1-2H3;4-6H,1-3H3;2*3-6H,1-2H3;3-8H2,1-2H3;3-4H2,1-2H3. The summed E-state index contributed by atoms with van der Waals surface area (Å²) in [6, 6.07) is 89.9. The van der Waals surface area contributed by atoms with Gasteiger partial charge in [-0.1, -0.05) is 546 Å². The lowest BCUT2D eigenvalue weighted by Crippen LogP contribution is -2.18. The second kappa shape index (κ2) is 76.0. The maximum atomic E-state index is 5.97. The molecule has 0 saturated heterocycles. The van der Waals surface area contributed by atoms with Crippen LogP contribution in [0.4, 0.5) is 0 Å². The molecule has 0 aliphatic carbocycles. The van der Waals surface area contributed by atoms with Gasteiger partial charge in [0, 0.05) is 5.41 Å². The Morgan fingerprint density at radius 3 is 0.692 bits per heavy atom. The number of ether oxygens (including phenoxy) is 3. The second-order valence-electron chi connectivity index (χ2n) is 39.4. The van der Waals surface area contributed by atoms with Crippen molar-refractivity contribution < 1.29 is 14.2 Å². The second-order valence-corrected chi connectivity index (χ2v) is 39.4. The van der Waals surface area contributed by atoms with E-state index in [0.29, 0.717) is 5.41 Å². The first-order valence-electron chi connectivity index (χ1n) is 52.4. The third kappa shape index (κ3) is 64.4. The summed E-state index contributed by atoms with van der Waals surface area (Å²) in [6.45, 7) is 63.8. The Balaban J connectivity index is 0.000000764. The summed E-state index contributed by atoms with van der Waals surface area (Å²) >= 11 is 0. The fraction of sp³-hybridized carbons (Fsp3) is 0.492. The van der Waals surface area contributed by atoms with Crippen molar-refractivity contribution in [3.63, 3.8) is 0 Å². The van der Waals surface area contributed by atoms with Gasteiger partial charge in [0.05, 0.1) is 0 Å². The van der Waals surface area contributed by atoms with E-state index in [1.54, 1.807) is 0 Å². The van der Waals surface area contributed by atoms with Crippen molar-refractivity contribution in [3.8, 4) is 34.5 Å². The van der Waals surface area contributed by atoms with Crippen LogP contribution >= 0.6 is 0 Å². The Morgan fingerprint density at radius 2 is 0.466 bits per heavy atom. The first-order chi connectivity index (χ1) is 63.7. The number of aryl methyl sites for hydroxylation is 13. The van der Waals surface area contributed by atoms with Crippen LogP contribution in [-0.4, -0.2) is 0 Å². The van der Waals surface area contributed by atoms with Crippen molar-refractivity contribution >= 4 is 0 Å². The van der Waals surface area contributed by atoms with Gasteiger partial charge in [-0.2, -0.15) is 0 Å². The number of rotatable bonds is 38. The highest BCUT2D eigenvalue weighted by Crippen LogP contribution is 2.36. The van der Waals surface area contributed by atoms with Crippen LogP contribution in [0.15, 0.2) is 261 Å². The van der Waals surface area contributed by atoms with Crippen LogP contribution in [-0.2, 0) is 11.8 Å². The van der Waals surface area contributed by atoms with Crippen LogP contribution in [0.3, 0.4) is 0 Å². The SMILES string of the molecule is CCCC.CCCC(C)CC(C)(C)CC.CCCCCCCC.CCCCCCCCCC.CCCCCCCCCCCC(C)C.Cc1ccc(C)c(C)c1.Cc1ccc(C)cc1.Cc1ccc(Cc2ccc(C)cc2)cc1.Cc1ccc(Oc2ccc(C(C)(C)c3ccc(Oc4ccc(C)cc4)cc3)cc2)cc1.Cc1ccc(Oc2ccc(C)cc2)cc1.Cc1cccc(C)c1. The molecule has 0 aromatic heterocycles. The Hall–Kier alpha value is -9.18. The monoisotopic (exact) mass is 1800 g/mol. The molecule has 11 aromatic rings. The molecule has 0 amide bonds. The van der Waals surface area contributed by atoms with Crippen molar-refractivity contribution in [1.82, 2.24) is 0 Å². The molecule has 11 aromatic carbocycles. The smallest absolute Gasteiger partial charge is 0.127 e. The van der Waals surface area contributed by atoms with Crippen molar-refractivity contribution in [2.45, 2.75) is 405 Å². The molecular weight excluding hydrogens is 1610 g/mol. The minimum atomic E-state index is -0.134. The van der Waals surface area contributed by atoms with Crippen molar-refractivity contribution in [3.05, 3.63) is 355 Å². The topological polar surface area (TPSA) is 27.7 Å². The Bertz CT molecular complexity index is 4180. The maximum absolute atomic E-state index is 5.97. The molecule has 0 fully saturated rings. The zero-order valence-corrected chi connectivity index (χ0v) is 90.6. The van der Waals surface area contributed by atoms with Crippen LogP contribution in [0.5, 0.6) is 34.5 Å². The summed E-state index contributed by atoms with van der Waals surface area (Å²) in [5, 5.41) is 0. The quantitative estimate of drug-likeness (QED) is 0.0361. The molecular formula is C130H194O3. The van der Waals surface area contributed by atoms with Gasteiger partial charge < -0.3 is 14.2 Å². The highest BCUT2D eigenvalue weighted by atomic mass is 16.5. The molecule has 0 heterocycles. The first kappa shape index (κ1) is 122. The normalized spacial score (nSPS) is 10.7. The van der Waals surface area contributed by atoms with E-state index in [1.807, 2.05) is 97.1 Å². The molecule has 732 valence electrons. The van der Waals surface area contributed by atoms with Crippen LogP contribution in [0, 0.1) is 107 Å². The Morgan fingerprint density at radius 1 is 0.226 bits per heavy atom. The van der Waals surface area contributed by atoms with E-state index in [0.717, 1.165) is 52.8 Å². The predicted molar refractivity (Wildman–Crippen MR) is 595 cm³/mol. The molecule has 11 rings (SSSR count). The molecule has 1 unspecified atom stereocenters. The van der Waals surface area contributed by atoms with Gasteiger partial charge in [-0.15, -0.1) is 0 Å². The third-order valence-electron chi connectivity index (χ3n) is 24.1. The van der Waals surface area contributed by atoms with E-state index < -0.39 is 0 Å². The minimum Gasteiger partial charge on any atom is -0.457 e. The number of hydrogen-bond acceptors (Lipinski definition) is 3. The number of unbranched alkanes of at least 4 members (excludes halogenated alkanes) is 21. The van der Waals surface area contributed by atoms with Crippen LogP contribution in [0.25, 0.3) is 0 Å². The van der Waals surface area contributed by atoms with Crippen LogP contribution in [0.1, 0.15) is 398 Å². The summed E-state index contributed by atoms with van der Waals surface area (Å²) in [4.78, 5) is 0. The van der Waals surface area contributed by atoms with E-state index in [1.165, 1.54) is 287 Å². The van der Waals surface area contributed by atoms with E-state index in [9.17, 15) is 0 Å². The molecule has 0 saturated carbocycles. The Kier molecular flexibility index (Phi) is 69.7. The summed E-state index contributed by atoms with van der Waals surface area (Å²) in [6.07, 6.45) is 43.5. The van der Waals surface area contributed by atoms with Gasteiger partial charge in [-0.25, -0.2) is 0 Å². The highest BCUT2D eigenvalue weighted by molar-refractivity contribution is 5.45. The van der Waals surface area contributed by atoms with E-state index in [4.69, 9.17) is 14.2 Å². The molecule has 133 heavy (non-hydrogen) atoms. The predicted octanol–water partition coefficient (Wildman–Crippen LogP) is 42.6. The zero-order chi connectivity index (χ0) is 98.9. The summed E-state index contributed by atoms with van der Waals surface area (Å²) < 4.78 is 17.6. The zero-order valence-electron chi connectivity index (χ0n) is 90.6. The molecule has 3 nitrogen and oxygen atoms in total. The molecule has 0 N–H and O–H groups in total. The molecule has 0 bridgehead atoms. The minimum absolute atomic E-state index is 0.134. The molecule has 0 radical (unpaired) electrons. The van der Waals surface area contributed by atoms with E-state index >= 15 is 0 Å². The van der Waals surface area contributed by atoms with Crippen molar-refractivity contribution in [2.24, 2.45) is 17.3 Å². The van der Waals surface area contributed by atoms with Gasteiger partial charge in [0.15, 0.2) is 0 Å². The van der Waals surface area contributed by atoms with E-state index in [2.05, 4.69) is 365 Å². The van der Waals surface area contributed by atoms with Gasteiger partial charge in [0.25, 0.3) is 0 Å². The molecule has 0 spiro atoms. The lowest BCUT2D eigenvalue weighted by molar-refractivity contribution is 0.258. The maximum Gasteiger partial charge on any atom is 0.127 e. The number of benzene rings is 11. The van der Waals surface area contributed by atoms with Crippen LogP contribution in [0.2, 0.25) is 0 Å². The Labute approximate surface area is 821 Å². The fourth-order valence-electron chi connectivity index (χ4n) is 14.5. The fourth-order valence-corrected chi connectivity index (χ4v) is 14.5. The lowest BCUT2D eigenvalue weighted by Gasteiger charge is -2.26. The summed E-state index contributed by atoms with van der Waals surface area (Å²) in [5.74, 6) is 6.95. The van der Waals surface area contributed by atoms with Gasteiger partial charge in [0.2, 0.25) is 0 Å². The average Bonchev–Trinajstić information content (AvgIpc) is 0.798. The van der Waals surface area contributed by atoms with Crippen molar-refractivity contribution in [1.29, 1.82) is 0 Å². The average molecular weight is 1800 g/mol. The largest absolute Gasteiger partial charge is 0.457 e. The van der Waals surface area contributed by atoms with Crippen LogP contribution < -0.4 is 14.2 Å². The van der Waals surface area contributed by atoms with Crippen molar-refractivity contribution in [2.75, 3.05) is 0 Å².